The predicted molar refractivity (Wildman–Crippen MR) is 101 cm³/mol. The van der Waals surface area contributed by atoms with Crippen molar-refractivity contribution in [2.75, 3.05) is 13.7 Å². The molecule has 0 heterocycles. The maximum atomic E-state index is 11.8. The molecular formula is C19H17Cl2NO4. The van der Waals surface area contributed by atoms with Crippen LogP contribution in [0, 0.1) is 0 Å². The molecule has 136 valence electrons. The number of ether oxygens (including phenoxy) is 2. The minimum Gasteiger partial charge on any atom is -0.497 e. The summed E-state index contributed by atoms with van der Waals surface area (Å²) in [6.07, 6.45) is 2.61. The smallest absolute Gasteiger partial charge is 0.331 e. The van der Waals surface area contributed by atoms with Gasteiger partial charge in [0.15, 0.2) is 6.61 Å². The summed E-state index contributed by atoms with van der Waals surface area (Å²) in [4.78, 5) is 23.5. The number of benzene rings is 2. The Hall–Kier alpha value is -2.50. The summed E-state index contributed by atoms with van der Waals surface area (Å²) in [5, 5.41) is 3.49. The van der Waals surface area contributed by atoms with Gasteiger partial charge in [-0.15, -0.1) is 0 Å². The molecular weight excluding hydrogens is 377 g/mol. The minimum atomic E-state index is -0.669. The van der Waals surface area contributed by atoms with E-state index in [1.807, 2.05) is 24.3 Å². The van der Waals surface area contributed by atoms with Gasteiger partial charge in [-0.1, -0.05) is 41.4 Å². The van der Waals surface area contributed by atoms with Crippen LogP contribution >= 0.6 is 23.2 Å². The first-order chi connectivity index (χ1) is 12.5. The summed E-state index contributed by atoms with van der Waals surface area (Å²) in [5.74, 6) is -0.380. The summed E-state index contributed by atoms with van der Waals surface area (Å²) >= 11 is 12.0. The summed E-state index contributed by atoms with van der Waals surface area (Å²) in [6, 6.07) is 12.3. The number of rotatable bonds is 7. The number of esters is 1. The highest BCUT2D eigenvalue weighted by atomic mass is 35.5. The molecule has 0 aliphatic carbocycles. The number of carbonyl (C=O) groups is 2. The molecule has 0 unspecified atom stereocenters. The molecule has 0 fully saturated rings. The second-order valence-corrected chi connectivity index (χ2v) is 6.02. The fourth-order valence-corrected chi connectivity index (χ4v) is 2.56. The van der Waals surface area contributed by atoms with E-state index in [0.29, 0.717) is 27.9 Å². The molecule has 0 saturated carbocycles. The first kappa shape index (κ1) is 19.8. The van der Waals surface area contributed by atoms with Gasteiger partial charge in [0.25, 0.3) is 5.91 Å². The van der Waals surface area contributed by atoms with Crippen LogP contribution in [-0.4, -0.2) is 25.6 Å². The third-order valence-electron chi connectivity index (χ3n) is 3.36. The zero-order chi connectivity index (χ0) is 18.9. The van der Waals surface area contributed by atoms with Crippen LogP contribution in [0.25, 0.3) is 6.08 Å². The Labute approximate surface area is 161 Å². The molecule has 7 heteroatoms. The molecule has 0 aromatic heterocycles. The fourth-order valence-electron chi connectivity index (χ4n) is 2.04. The average molecular weight is 394 g/mol. The Balaban J connectivity index is 1.79. The van der Waals surface area contributed by atoms with Crippen molar-refractivity contribution in [3.8, 4) is 5.75 Å². The summed E-state index contributed by atoms with van der Waals surface area (Å²) < 4.78 is 10.0. The Morgan fingerprint density at radius 2 is 1.81 bits per heavy atom. The van der Waals surface area contributed by atoms with Gasteiger partial charge in [-0.2, -0.15) is 0 Å². The van der Waals surface area contributed by atoms with Crippen molar-refractivity contribution >= 4 is 41.2 Å². The molecule has 0 atom stereocenters. The van der Waals surface area contributed by atoms with E-state index in [9.17, 15) is 9.59 Å². The third-order valence-corrected chi connectivity index (χ3v) is 4.01. The van der Waals surface area contributed by atoms with Gasteiger partial charge in [-0.3, -0.25) is 4.79 Å². The van der Waals surface area contributed by atoms with Gasteiger partial charge in [0, 0.05) is 28.2 Å². The van der Waals surface area contributed by atoms with E-state index in [0.717, 1.165) is 5.56 Å². The minimum absolute atomic E-state index is 0.304. The van der Waals surface area contributed by atoms with Gasteiger partial charge < -0.3 is 14.8 Å². The molecule has 2 aromatic rings. The Morgan fingerprint density at radius 3 is 2.50 bits per heavy atom. The number of halogens is 2. The van der Waals surface area contributed by atoms with Gasteiger partial charge >= 0.3 is 5.97 Å². The van der Waals surface area contributed by atoms with Gasteiger partial charge in [0.2, 0.25) is 0 Å². The van der Waals surface area contributed by atoms with E-state index in [1.165, 1.54) is 12.2 Å². The standard InChI is InChI=1S/C19H17Cl2NO4/c1-25-14-5-2-4-13(10-14)11-22-18(23)12-26-19(24)9-8-15-16(20)6-3-7-17(15)21/h2-10H,11-12H2,1H3,(H,22,23)/b9-8+. The number of hydrogen-bond acceptors (Lipinski definition) is 4. The van der Waals surface area contributed by atoms with Crippen molar-refractivity contribution in [1.29, 1.82) is 0 Å². The van der Waals surface area contributed by atoms with Crippen LogP contribution in [0.2, 0.25) is 10.0 Å². The topological polar surface area (TPSA) is 64.6 Å². The zero-order valence-corrected chi connectivity index (χ0v) is 15.5. The van der Waals surface area contributed by atoms with E-state index in [2.05, 4.69) is 5.32 Å². The molecule has 1 amide bonds. The van der Waals surface area contributed by atoms with Crippen LogP contribution in [0.5, 0.6) is 5.75 Å². The molecule has 0 bridgehead atoms. The van der Waals surface area contributed by atoms with Crippen molar-refractivity contribution < 1.29 is 19.1 Å². The van der Waals surface area contributed by atoms with Crippen LogP contribution in [0.3, 0.4) is 0 Å². The highest BCUT2D eigenvalue weighted by molar-refractivity contribution is 6.37. The van der Waals surface area contributed by atoms with Crippen molar-refractivity contribution in [2.24, 2.45) is 0 Å². The van der Waals surface area contributed by atoms with Crippen LogP contribution < -0.4 is 10.1 Å². The highest BCUT2D eigenvalue weighted by Crippen LogP contribution is 2.25. The van der Waals surface area contributed by atoms with Crippen molar-refractivity contribution in [2.45, 2.75) is 6.54 Å². The number of amides is 1. The zero-order valence-electron chi connectivity index (χ0n) is 14.0. The maximum Gasteiger partial charge on any atom is 0.331 e. The summed E-state index contributed by atoms with van der Waals surface area (Å²) in [5.41, 5.74) is 1.38. The average Bonchev–Trinajstić information content (AvgIpc) is 2.64. The van der Waals surface area contributed by atoms with Gasteiger partial charge in [-0.05, 0) is 35.9 Å². The Bertz CT molecular complexity index is 801. The number of methoxy groups -OCH3 is 1. The van der Waals surface area contributed by atoms with Crippen molar-refractivity contribution in [3.05, 3.63) is 69.7 Å². The lowest BCUT2D eigenvalue weighted by atomic mass is 10.2. The molecule has 0 aliphatic heterocycles. The molecule has 2 aromatic carbocycles. The molecule has 0 aliphatic rings. The van der Waals surface area contributed by atoms with Crippen LogP contribution in [0.4, 0.5) is 0 Å². The van der Waals surface area contributed by atoms with Gasteiger partial charge in [0.05, 0.1) is 7.11 Å². The second kappa shape index (κ2) is 9.85. The molecule has 26 heavy (non-hydrogen) atoms. The molecule has 0 spiro atoms. The molecule has 1 N–H and O–H groups in total. The van der Waals surface area contributed by atoms with Gasteiger partial charge in [0.1, 0.15) is 5.75 Å². The second-order valence-electron chi connectivity index (χ2n) is 5.20. The lowest BCUT2D eigenvalue weighted by molar-refractivity contribution is -0.143. The molecule has 0 radical (unpaired) electrons. The molecule has 0 saturated heterocycles. The third kappa shape index (κ3) is 6.10. The lowest BCUT2D eigenvalue weighted by Crippen LogP contribution is -2.28. The van der Waals surface area contributed by atoms with E-state index >= 15 is 0 Å². The number of nitrogens with one attached hydrogen (secondary N) is 1. The molecule has 2 rings (SSSR count). The Morgan fingerprint density at radius 1 is 1.12 bits per heavy atom. The van der Waals surface area contributed by atoms with Crippen LogP contribution in [-0.2, 0) is 20.9 Å². The monoisotopic (exact) mass is 393 g/mol. The van der Waals surface area contributed by atoms with Crippen molar-refractivity contribution in [1.82, 2.24) is 5.32 Å². The Kier molecular flexibility index (Phi) is 7.51. The number of carbonyl (C=O) groups excluding carboxylic acids is 2. The van der Waals surface area contributed by atoms with E-state index < -0.39 is 11.9 Å². The van der Waals surface area contributed by atoms with Crippen LogP contribution in [0.1, 0.15) is 11.1 Å². The van der Waals surface area contributed by atoms with E-state index in [4.69, 9.17) is 32.7 Å². The maximum absolute atomic E-state index is 11.8. The SMILES string of the molecule is COc1cccc(CNC(=O)COC(=O)/C=C/c2c(Cl)cccc2Cl)c1. The fraction of sp³-hybridized carbons (Fsp3) is 0.158. The van der Waals surface area contributed by atoms with Crippen molar-refractivity contribution in [3.63, 3.8) is 0 Å². The predicted octanol–water partition coefficient (Wildman–Crippen LogP) is 3.87. The summed E-state index contributed by atoms with van der Waals surface area (Å²) in [7, 11) is 1.57. The lowest BCUT2D eigenvalue weighted by Gasteiger charge is -2.07. The molecule has 5 nitrogen and oxygen atoms in total. The summed E-state index contributed by atoms with van der Waals surface area (Å²) in [6.45, 7) is -0.0813. The van der Waals surface area contributed by atoms with Gasteiger partial charge in [-0.25, -0.2) is 4.79 Å². The largest absolute Gasteiger partial charge is 0.497 e. The normalized spacial score (nSPS) is 10.6. The van der Waals surface area contributed by atoms with E-state index in [-0.39, 0.29) is 6.61 Å². The first-order valence-corrected chi connectivity index (χ1v) is 8.43. The van der Waals surface area contributed by atoms with Crippen LogP contribution in [0.15, 0.2) is 48.5 Å². The van der Waals surface area contributed by atoms with E-state index in [1.54, 1.807) is 25.3 Å². The number of hydrogen-bond donors (Lipinski definition) is 1. The quantitative estimate of drug-likeness (QED) is 0.572. The first-order valence-electron chi connectivity index (χ1n) is 7.68. The highest BCUT2D eigenvalue weighted by Gasteiger charge is 2.07.